The summed E-state index contributed by atoms with van der Waals surface area (Å²) in [7, 11) is 2.40. The minimum absolute atomic E-state index is 0.291. The van der Waals surface area contributed by atoms with Crippen molar-refractivity contribution < 1.29 is 13.2 Å². The van der Waals surface area contributed by atoms with Gasteiger partial charge < -0.3 is 15.0 Å². The van der Waals surface area contributed by atoms with Crippen molar-refractivity contribution in [1.82, 2.24) is 14.9 Å². The molecule has 6 nitrogen and oxygen atoms in total. The van der Waals surface area contributed by atoms with Gasteiger partial charge in [0.1, 0.15) is 4.21 Å². The molecule has 0 aromatic carbocycles. The maximum atomic E-state index is 12.1. The molecule has 0 radical (unpaired) electrons. The van der Waals surface area contributed by atoms with Crippen LogP contribution in [0.3, 0.4) is 0 Å². The quantitative estimate of drug-likeness (QED) is 0.572. The molecule has 0 aliphatic rings. The molecule has 0 amide bonds. The highest BCUT2D eigenvalue weighted by Gasteiger charge is 2.15. The van der Waals surface area contributed by atoms with Crippen LogP contribution in [0.1, 0.15) is 4.88 Å². The van der Waals surface area contributed by atoms with Gasteiger partial charge in [0, 0.05) is 18.0 Å². The third-order valence-corrected chi connectivity index (χ3v) is 5.84. The molecular weight excluding hydrogens is 310 g/mol. The van der Waals surface area contributed by atoms with Gasteiger partial charge in [-0.25, -0.2) is 13.1 Å². The summed E-state index contributed by atoms with van der Waals surface area (Å²) >= 11 is 1.31. The molecule has 0 fully saturated rings. The predicted octanol–water partition coefficient (Wildman–Crippen LogP) is 0.367. The fraction of sp³-hybridized carbons (Fsp3) is 0.692. The number of likely N-dealkylation sites (N-methyl/N-ethyl adjacent to an activating group) is 2. The molecule has 0 aliphatic heterocycles. The number of thiophene rings is 1. The molecule has 0 saturated heterocycles. The second-order valence-corrected chi connectivity index (χ2v) is 8.05. The Kier molecular flexibility index (Phi) is 8.38. The molecule has 122 valence electrons. The molecule has 0 saturated carbocycles. The van der Waals surface area contributed by atoms with Crippen molar-refractivity contribution in [2.45, 2.75) is 10.6 Å². The lowest BCUT2D eigenvalue weighted by Crippen LogP contribution is -2.28. The van der Waals surface area contributed by atoms with Crippen molar-refractivity contribution >= 4 is 21.4 Å². The average molecular weight is 335 g/mol. The fourth-order valence-corrected chi connectivity index (χ4v) is 3.97. The van der Waals surface area contributed by atoms with E-state index in [4.69, 9.17) is 4.74 Å². The van der Waals surface area contributed by atoms with E-state index in [9.17, 15) is 8.42 Å². The number of hydrogen-bond acceptors (Lipinski definition) is 6. The van der Waals surface area contributed by atoms with E-state index in [0.717, 1.165) is 24.4 Å². The van der Waals surface area contributed by atoms with Crippen molar-refractivity contribution in [2.75, 3.05) is 54.0 Å². The largest absolute Gasteiger partial charge is 0.379 e. The van der Waals surface area contributed by atoms with Gasteiger partial charge in [0.05, 0.1) is 13.2 Å². The van der Waals surface area contributed by atoms with E-state index in [1.54, 1.807) is 6.07 Å². The summed E-state index contributed by atoms with van der Waals surface area (Å²) in [5.41, 5.74) is 0. The van der Waals surface area contributed by atoms with Crippen LogP contribution in [-0.4, -0.2) is 67.3 Å². The monoisotopic (exact) mass is 335 g/mol. The van der Waals surface area contributed by atoms with Crippen LogP contribution in [0.4, 0.5) is 0 Å². The Morgan fingerprint density at radius 1 is 1.24 bits per heavy atom. The van der Waals surface area contributed by atoms with Gasteiger partial charge >= 0.3 is 0 Å². The molecule has 0 spiro atoms. The van der Waals surface area contributed by atoms with E-state index in [-0.39, 0.29) is 0 Å². The molecule has 0 atom stereocenters. The predicted molar refractivity (Wildman–Crippen MR) is 86.5 cm³/mol. The highest BCUT2D eigenvalue weighted by Crippen LogP contribution is 2.21. The van der Waals surface area contributed by atoms with Gasteiger partial charge in [-0.1, -0.05) is 0 Å². The fourth-order valence-electron chi connectivity index (χ4n) is 1.55. The number of rotatable bonds is 11. The number of nitrogens with one attached hydrogen (secondary N) is 2. The molecule has 2 N–H and O–H groups in total. The molecule has 1 rings (SSSR count). The van der Waals surface area contributed by atoms with Crippen molar-refractivity contribution in [2.24, 2.45) is 0 Å². The summed E-state index contributed by atoms with van der Waals surface area (Å²) in [6, 6.07) is 3.52. The van der Waals surface area contributed by atoms with Gasteiger partial charge in [-0.2, -0.15) is 0 Å². The zero-order valence-electron chi connectivity index (χ0n) is 12.9. The van der Waals surface area contributed by atoms with Crippen LogP contribution < -0.4 is 10.0 Å². The molecule has 8 heteroatoms. The van der Waals surface area contributed by atoms with Gasteiger partial charge in [0.15, 0.2) is 0 Å². The first-order valence-electron chi connectivity index (χ1n) is 6.91. The van der Waals surface area contributed by atoms with Gasteiger partial charge in [-0.3, -0.25) is 0 Å². The van der Waals surface area contributed by atoms with E-state index in [1.165, 1.54) is 11.3 Å². The summed E-state index contributed by atoms with van der Waals surface area (Å²) in [5, 5.41) is 3.05. The summed E-state index contributed by atoms with van der Waals surface area (Å²) in [6.45, 7) is 2.94. The van der Waals surface area contributed by atoms with E-state index < -0.39 is 10.0 Å². The maximum absolute atomic E-state index is 12.1. The molecule has 0 unspecified atom stereocenters. The summed E-state index contributed by atoms with van der Waals surface area (Å²) in [6.07, 6.45) is 0.838. The van der Waals surface area contributed by atoms with E-state index in [0.29, 0.717) is 24.0 Å². The molecular formula is C13H25N3O3S2. The Hall–Kier alpha value is -0.510. The molecule has 0 aliphatic carbocycles. The second kappa shape index (κ2) is 9.50. The third kappa shape index (κ3) is 7.35. The van der Waals surface area contributed by atoms with Gasteiger partial charge in [0.2, 0.25) is 10.0 Å². The van der Waals surface area contributed by atoms with Crippen LogP contribution >= 0.6 is 11.3 Å². The molecule has 21 heavy (non-hydrogen) atoms. The number of ether oxygens (including phenoxy) is 1. The van der Waals surface area contributed by atoms with Gasteiger partial charge in [0.25, 0.3) is 0 Å². The van der Waals surface area contributed by atoms with Gasteiger partial charge in [-0.15, -0.1) is 11.3 Å². The number of hydrogen-bond donors (Lipinski definition) is 2. The maximum Gasteiger partial charge on any atom is 0.250 e. The third-order valence-electron chi connectivity index (χ3n) is 2.74. The summed E-state index contributed by atoms with van der Waals surface area (Å²) in [4.78, 5) is 3.08. The van der Waals surface area contributed by atoms with Crippen LogP contribution in [0.25, 0.3) is 0 Å². The number of nitrogens with zero attached hydrogens (tertiary/aromatic N) is 1. The first-order valence-corrected chi connectivity index (χ1v) is 9.21. The number of sulfonamides is 1. The highest BCUT2D eigenvalue weighted by atomic mass is 32.2. The first kappa shape index (κ1) is 18.5. The van der Waals surface area contributed by atoms with E-state index in [2.05, 4.69) is 10.0 Å². The van der Waals surface area contributed by atoms with Crippen LogP contribution in [0.5, 0.6) is 0 Å². The topological polar surface area (TPSA) is 70.7 Å². The second-order valence-electron chi connectivity index (χ2n) is 4.89. The zero-order valence-corrected chi connectivity index (χ0v) is 14.5. The molecule has 1 aromatic rings. The smallest absolute Gasteiger partial charge is 0.250 e. The Morgan fingerprint density at radius 2 is 2.00 bits per heavy atom. The Labute approximate surface area is 131 Å². The average Bonchev–Trinajstić information content (AvgIpc) is 2.89. The Balaban J connectivity index is 2.34. The molecule has 1 heterocycles. The Morgan fingerprint density at radius 3 is 2.67 bits per heavy atom. The summed E-state index contributed by atoms with van der Waals surface area (Å²) < 4.78 is 32.4. The normalized spacial score (nSPS) is 12.2. The van der Waals surface area contributed by atoms with Crippen molar-refractivity contribution in [1.29, 1.82) is 0 Å². The van der Waals surface area contributed by atoms with E-state index in [1.807, 2.05) is 32.1 Å². The zero-order chi connectivity index (χ0) is 15.7. The van der Waals surface area contributed by atoms with Crippen molar-refractivity contribution in [3.63, 3.8) is 0 Å². The van der Waals surface area contributed by atoms with Crippen LogP contribution in [-0.2, 0) is 21.2 Å². The lowest BCUT2D eigenvalue weighted by molar-refractivity contribution is 0.122. The van der Waals surface area contributed by atoms with Crippen LogP contribution in [0.15, 0.2) is 16.3 Å². The lowest BCUT2D eigenvalue weighted by Gasteiger charge is -2.10. The minimum atomic E-state index is -3.41. The van der Waals surface area contributed by atoms with Crippen LogP contribution in [0, 0.1) is 0 Å². The first-order chi connectivity index (χ1) is 9.95. The van der Waals surface area contributed by atoms with E-state index >= 15 is 0 Å². The Bertz CT molecular complexity index is 501. The minimum Gasteiger partial charge on any atom is -0.379 e. The molecule has 1 aromatic heterocycles. The van der Waals surface area contributed by atoms with Crippen molar-refractivity contribution in [3.05, 3.63) is 17.0 Å². The molecule has 0 bridgehead atoms. The lowest BCUT2D eigenvalue weighted by atomic mass is 10.3. The standard InChI is InChI=1S/C13H25N3O3S2/c1-14-7-6-12-4-5-13(20-12)21(17,18)15-8-10-19-11-9-16(2)3/h4-5,14-15H,6-11H2,1-3H3. The van der Waals surface area contributed by atoms with Gasteiger partial charge in [-0.05, 0) is 46.2 Å². The highest BCUT2D eigenvalue weighted by molar-refractivity contribution is 7.91. The van der Waals surface area contributed by atoms with Crippen molar-refractivity contribution in [3.8, 4) is 0 Å². The SMILES string of the molecule is CNCCc1ccc(S(=O)(=O)NCCOCCN(C)C)s1. The summed E-state index contributed by atoms with van der Waals surface area (Å²) in [5.74, 6) is 0. The van der Waals surface area contributed by atoms with Crippen LogP contribution in [0.2, 0.25) is 0 Å².